The second-order valence-electron chi connectivity index (χ2n) is 6.22. The highest BCUT2D eigenvalue weighted by Crippen LogP contribution is 2.21. The molecule has 0 aliphatic carbocycles. The fourth-order valence-corrected chi connectivity index (χ4v) is 2.45. The zero-order chi connectivity index (χ0) is 18.0. The van der Waals surface area contributed by atoms with Gasteiger partial charge in [-0.3, -0.25) is 4.79 Å². The van der Waals surface area contributed by atoms with Crippen LogP contribution in [0.25, 0.3) is 11.5 Å². The van der Waals surface area contributed by atoms with E-state index in [1.807, 2.05) is 45.0 Å². The Kier molecular flexibility index (Phi) is 4.65. The fraction of sp³-hybridized carbons (Fsp3) is 0.333. The average molecular weight is 340 g/mol. The maximum absolute atomic E-state index is 12.4. The number of nitrogens with zero attached hydrogens (tertiary/aromatic N) is 3. The molecule has 0 atom stereocenters. The van der Waals surface area contributed by atoms with Crippen LogP contribution in [0.2, 0.25) is 0 Å². The van der Waals surface area contributed by atoms with Gasteiger partial charge in [-0.05, 0) is 31.9 Å². The smallest absolute Gasteiger partial charge is 0.257 e. The van der Waals surface area contributed by atoms with E-state index in [1.165, 1.54) is 0 Å². The van der Waals surface area contributed by atoms with Crippen LogP contribution in [0.1, 0.15) is 53.0 Å². The molecular formula is C18H20N4O3. The number of carbonyl (C=O) groups excluding carboxylic acids is 1. The van der Waals surface area contributed by atoms with Gasteiger partial charge in [0.1, 0.15) is 11.3 Å². The first kappa shape index (κ1) is 16.9. The van der Waals surface area contributed by atoms with Gasteiger partial charge in [0.05, 0.1) is 12.2 Å². The Morgan fingerprint density at radius 1 is 1.12 bits per heavy atom. The van der Waals surface area contributed by atoms with Crippen molar-refractivity contribution in [3.05, 3.63) is 52.7 Å². The van der Waals surface area contributed by atoms with Crippen molar-refractivity contribution in [2.45, 2.75) is 40.2 Å². The monoisotopic (exact) mass is 340 g/mol. The lowest BCUT2D eigenvalue weighted by molar-refractivity contribution is 0.0947. The quantitative estimate of drug-likeness (QED) is 0.765. The van der Waals surface area contributed by atoms with E-state index < -0.39 is 0 Å². The van der Waals surface area contributed by atoms with Crippen molar-refractivity contribution in [2.75, 3.05) is 0 Å². The molecule has 3 rings (SSSR count). The van der Waals surface area contributed by atoms with Crippen LogP contribution in [0.15, 0.2) is 33.3 Å². The van der Waals surface area contributed by atoms with Crippen LogP contribution < -0.4 is 5.32 Å². The molecule has 7 heteroatoms. The van der Waals surface area contributed by atoms with Gasteiger partial charge in [-0.2, -0.15) is 4.98 Å². The molecule has 0 bridgehead atoms. The summed E-state index contributed by atoms with van der Waals surface area (Å²) in [6.07, 6.45) is 0. The Morgan fingerprint density at radius 2 is 1.84 bits per heavy atom. The number of carbonyl (C=O) groups is 1. The summed E-state index contributed by atoms with van der Waals surface area (Å²) >= 11 is 0. The molecule has 130 valence electrons. The third-order valence-corrected chi connectivity index (χ3v) is 3.84. The summed E-state index contributed by atoms with van der Waals surface area (Å²) in [5, 5.41) is 10.7. The van der Waals surface area contributed by atoms with Crippen LogP contribution >= 0.6 is 0 Å². The Bertz CT molecular complexity index is 878. The maximum atomic E-state index is 12.4. The average Bonchev–Trinajstić information content (AvgIpc) is 3.20. The summed E-state index contributed by atoms with van der Waals surface area (Å²) in [4.78, 5) is 16.8. The zero-order valence-corrected chi connectivity index (χ0v) is 14.7. The van der Waals surface area contributed by atoms with Crippen molar-refractivity contribution in [1.82, 2.24) is 20.6 Å². The van der Waals surface area contributed by atoms with Crippen LogP contribution in [-0.2, 0) is 6.54 Å². The van der Waals surface area contributed by atoms with Gasteiger partial charge < -0.3 is 14.4 Å². The van der Waals surface area contributed by atoms with Crippen LogP contribution in [0.3, 0.4) is 0 Å². The zero-order valence-electron chi connectivity index (χ0n) is 14.7. The molecule has 0 radical (unpaired) electrons. The van der Waals surface area contributed by atoms with E-state index in [1.54, 1.807) is 6.92 Å². The predicted octanol–water partition coefficient (Wildman–Crippen LogP) is 3.39. The van der Waals surface area contributed by atoms with E-state index in [0.717, 1.165) is 11.1 Å². The highest BCUT2D eigenvalue weighted by atomic mass is 16.5. The molecule has 0 spiro atoms. The number of aryl methyl sites for hydroxylation is 2. The number of hydrogen-bond donors (Lipinski definition) is 1. The van der Waals surface area contributed by atoms with Crippen molar-refractivity contribution >= 4 is 5.91 Å². The standard InChI is InChI=1S/C18H20N4O3/c1-10(2)16-15(12(4)24-22-16)17(23)19-9-14-20-18(25-21-14)13-7-5-11(3)6-8-13/h5-8,10H,9H2,1-4H3,(H,19,23). The van der Waals surface area contributed by atoms with Crippen molar-refractivity contribution in [2.24, 2.45) is 0 Å². The first-order chi connectivity index (χ1) is 12.0. The van der Waals surface area contributed by atoms with E-state index in [-0.39, 0.29) is 18.4 Å². The van der Waals surface area contributed by atoms with E-state index >= 15 is 0 Å². The molecular weight excluding hydrogens is 320 g/mol. The predicted molar refractivity (Wildman–Crippen MR) is 91.0 cm³/mol. The second-order valence-corrected chi connectivity index (χ2v) is 6.22. The summed E-state index contributed by atoms with van der Waals surface area (Å²) < 4.78 is 10.4. The molecule has 1 N–H and O–H groups in total. The molecule has 1 amide bonds. The first-order valence-corrected chi connectivity index (χ1v) is 8.09. The molecule has 1 aromatic carbocycles. The minimum absolute atomic E-state index is 0.0940. The van der Waals surface area contributed by atoms with E-state index in [4.69, 9.17) is 9.05 Å². The number of benzene rings is 1. The molecule has 3 aromatic rings. The van der Waals surface area contributed by atoms with Gasteiger partial charge in [0.2, 0.25) is 0 Å². The summed E-state index contributed by atoms with van der Waals surface area (Å²) in [6, 6.07) is 7.79. The van der Waals surface area contributed by atoms with Gasteiger partial charge >= 0.3 is 0 Å². The van der Waals surface area contributed by atoms with Gasteiger partial charge in [0, 0.05) is 5.56 Å². The fourth-order valence-electron chi connectivity index (χ4n) is 2.45. The highest BCUT2D eigenvalue weighted by molar-refractivity contribution is 5.96. The molecule has 0 fully saturated rings. The molecule has 2 heterocycles. The third kappa shape index (κ3) is 3.60. The van der Waals surface area contributed by atoms with Crippen LogP contribution in [0.4, 0.5) is 0 Å². The van der Waals surface area contributed by atoms with Crippen LogP contribution in [-0.4, -0.2) is 21.2 Å². The third-order valence-electron chi connectivity index (χ3n) is 3.84. The van der Waals surface area contributed by atoms with Gasteiger partial charge in [-0.25, -0.2) is 0 Å². The normalized spacial score (nSPS) is 11.1. The molecule has 0 unspecified atom stereocenters. The van der Waals surface area contributed by atoms with Gasteiger partial charge in [0.15, 0.2) is 5.82 Å². The Morgan fingerprint density at radius 3 is 2.52 bits per heavy atom. The van der Waals surface area contributed by atoms with Crippen LogP contribution in [0, 0.1) is 13.8 Å². The minimum atomic E-state index is -0.260. The van der Waals surface area contributed by atoms with Gasteiger partial charge in [-0.15, -0.1) is 0 Å². The lowest BCUT2D eigenvalue weighted by atomic mass is 10.0. The van der Waals surface area contributed by atoms with Crippen molar-refractivity contribution in [3.8, 4) is 11.5 Å². The summed E-state index contributed by atoms with van der Waals surface area (Å²) in [7, 11) is 0. The minimum Gasteiger partial charge on any atom is -0.361 e. The number of nitrogens with one attached hydrogen (secondary N) is 1. The van der Waals surface area contributed by atoms with Gasteiger partial charge in [-0.1, -0.05) is 41.9 Å². The van der Waals surface area contributed by atoms with Gasteiger partial charge in [0.25, 0.3) is 11.8 Å². The van der Waals surface area contributed by atoms with E-state index in [2.05, 4.69) is 20.6 Å². The summed E-state index contributed by atoms with van der Waals surface area (Å²) in [6.45, 7) is 7.81. The van der Waals surface area contributed by atoms with E-state index in [9.17, 15) is 4.79 Å². The van der Waals surface area contributed by atoms with Crippen molar-refractivity contribution in [1.29, 1.82) is 0 Å². The van der Waals surface area contributed by atoms with Crippen molar-refractivity contribution < 1.29 is 13.8 Å². The molecule has 2 aromatic heterocycles. The number of rotatable bonds is 5. The Balaban J connectivity index is 1.69. The number of aromatic nitrogens is 3. The lowest BCUT2D eigenvalue weighted by Gasteiger charge is -2.05. The van der Waals surface area contributed by atoms with Crippen molar-refractivity contribution in [3.63, 3.8) is 0 Å². The van der Waals surface area contributed by atoms with Crippen LogP contribution in [0.5, 0.6) is 0 Å². The number of amides is 1. The molecule has 7 nitrogen and oxygen atoms in total. The number of hydrogen-bond acceptors (Lipinski definition) is 6. The molecule has 0 aliphatic heterocycles. The first-order valence-electron chi connectivity index (χ1n) is 8.09. The van der Waals surface area contributed by atoms with E-state index in [0.29, 0.717) is 28.7 Å². The second kappa shape index (κ2) is 6.88. The maximum Gasteiger partial charge on any atom is 0.257 e. The molecule has 0 saturated carbocycles. The molecule has 25 heavy (non-hydrogen) atoms. The highest BCUT2D eigenvalue weighted by Gasteiger charge is 2.22. The largest absolute Gasteiger partial charge is 0.361 e. The molecule has 0 aliphatic rings. The molecule has 0 saturated heterocycles. The summed E-state index contributed by atoms with van der Waals surface area (Å²) in [5.41, 5.74) is 3.11. The topological polar surface area (TPSA) is 94.1 Å². The Labute approximate surface area is 145 Å². The lowest BCUT2D eigenvalue weighted by Crippen LogP contribution is -2.25. The Hall–Kier alpha value is -2.96. The SMILES string of the molecule is Cc1ccc(-c2nc(CNC(=O)c3c(C(C)C)noc3C)no2)cc1. The summed E-state index contributed by atoms with van der Waals surface area (Å²) in [5.74, 6) is 1.16.